The molecule has 0 saturated heterocycles. The van der Waals surface area contributed by atoms with Crippen molar-refractivity contribution in [1.29, 1.82) is 0 Å². The van der Waals surface area contributed by atoms with Crippen LogP contribution in [0.5, 0.6) is 5.75 Å². The summed E-state index contributed by atoms with van der Waals surface area (Å²) in [4.78, 5) is 12.5. The number of hydrogen-bond acceptors (Lipinski definition) is 3. The highest BCUT2D eigenvalue weighted by Crippen LogP contribution is 2.29. The predicted molar refractivity (Wildman–Crippen MR) is 82.4 cm³/mol. The fourth-order valence-electron chi connectivity index (χ4n) is 2.70. The zero-order valence-corrected chi connectivity index (χ0v) is 11.9. The number of para-hydroxylation sites is 1. The third kappa shape index (κ3) is 2.62. The second-order valence-electron chi connectivity index (χ2n) is 5.30. The van der Waals surface area contributed by atoms with Gasteiger partial charge >= 0.3 is 0 Å². The van der Waals surface area contributed by atoms with Crippen molar-refractivity contribution in [3.63, 3.8) is 0 Å². The van der Waals surface area contributed by atoms with E-state index < -0.39 is 0 Å². The summed E-state index contributed by atoms with van der Waals surface area (Å²) in [5, 5.41) is 16.1. The highest BCUT2D eigenvalue weighted by Gasteiger charge is 2.26. The summed E-state index contributed by atoms with van der Waals surface area (Å²) >= 11 is 0. The molecule has 1 amide bonds. The van der Waals surface area contributed by atoms with Crippen molar-refractivity contribution in [3.05, 3.63) is 59.2 Å². The van der Waals surface area contributed by atoms with Crippen LogP contribution in [0.1, 0.15) is 22.7 Å². The number of carbonyl (C=O) groups excluding carboxylic acids is 1. The average Bonchev–Trinajstić information content (AvgIpc) is 2.51. The maximum Gasteiger partial charge on any atom is 0.246 e. The van der Waals surface area contributed by atoms with Gasteiger partial charge in [-0.2, -0.15) is 0 Å². The Labute approximate surface area is 123 Å². The first-order chi connectivity index (χ1) is 10.2. The number of carbonyl (C=O) groups is 1. The fraction of sp³-hybridized carbons (Fsp3) is 0.235. The number of fused-ring (bicyclic) bond motifs is 1. The number of benzene rings is 2. The Kier molecular flexibility index (Phi) is 3.62. The van der Waals surface area contributed by atoms with E-state index in [1.807, 2.05) is 24.3 Å². The van der Waals surface area contributed by atoms with Gasteiger partial charge in [-0.3, -0.25) is 4.79 Å². The van der Waals surface area contributed by atoms with Crippen LogP contribution >= 0.6 is 0 Å². The summed E-state index contributed by atoms with van der Waals surface area (Å²) in [5.74, 6) is -0.0296. The maximum atomic E-state index is 12.5. The highest BCUT2D eigenvalue weighted by atomic mass is 16.3. The highest BCUT2D eigenvalue weighted by molar-refractivity contribution is 5.97. The second-order valence-corrected chi connectivity index (χ2v) is 5.30. The molecule has 0 radical (unpaired) electrons. The van der Waals surface area contributed by atoms with Crippen LogP contribution in [0.25, 0.3) is 0 Å². The number of aryl methyl sites for hydroxylation is 1. The van der Waals surface area contributed by atoms with Crippen molar-refractivity contribution in [1.82, 2.24) is 5.32 Å². The number of phenols is 1. The number of hydrogen-bond donors (Lipinski definition) is 3. The first-order valence-electron chi connectivity index (χ1n) is 7.07. The third-order valence-corrected chi connectivity index (χ3v) is 3.87. The molecule has 4 heteroatoms. The molecule has 0 fully saturated rings. The topological polar surface area (TPSA) is 61.4 Å². The van der Waals surface area contributed by atoms with E-state index in [9.17, 15) is 9.90 Å². The van der Waals surface area contributed by atoms with Crippen LogP contribution in [0.4, 0.5) is 5.69 Å². The van der Waals surface area contributed by atoms with E-state index in [0.717, 1.165) is 24.1 Å². The third-order valence-electron chi connectivity index (χ3n) is 3.87. The molecule has 1 atom stereocenters. The summed E-state index contributed by atoms with van der Waals surface area (Å²) in [6.07, 6.45) is 0.926. The van der Waals surface area contributed by atoms with Crippen molar-refractivity contribution in [2.24, 2.45) is 0 Å². The molecule has 0 aliphatic carbocycles. The number of amides is 1. The molecule has 1 heterocycles. The fourth-order valence-corrected chi connectivity index (χ4v) is 2.70. The van der Waals surface area contributed by atoms with Crippen LogP contribution < -0.4 is 10.6 Å². The van der Waals surface area contributed by atoms with Crippen LogP contribution in [0.3, 0.4) is 0 Å². The summed E-state index contributed by atoms with van der Waals surface area (Å²) in [7, 11) is 0. The zero-order chi connectivity index (χ0) is 14.8. The Morgan fingerprint density at radius 3 is 2.90 bits per heavy atom. The summed E-state index contributed by atoms with van der Waals surface area (Å²) in [5.41, 5.74) is 3.40. The Morgan fingerprint density at radius 1 is 1.24 bits per heavy atom. The lowest BCUT2D eigenvalue weighted by atomic mass is 9.94. The van der Waals surface area contributed by atoms with Crippen LogP contribution in [0.2, 0.25) is 0 Å². The second kappa shape index (κ2) is 5.58. The molecular weight excluding hydrogens is 264 g/mol. The largest absolute Gasteiger partial charge is 0.505 e. The monoisotopic (exact) mass is 282 g/mol. The predicted octanol–water partition coefficient (Wildman–Crippen LogP) is 2.53. The average molecular weight is 282 g/mol. The number of rotatable bonds is 2. The van der Waals surface area contributed by atoms with E-state index in [0.29, 0.717) is 5.69 Å². The molecule has 4 nitrogen and oxygen atoms in total. The molecule has 0 saturated carbocycles. The Morgan fingerprint density at radius 2 is 2.05 bits per heavy atom. The summed E-state index contributed by atoms with van der Waals surface area (Å²) in [6.45, 7) is 2.58. The molecule has 0 spiro atoms. The number of aromatic hydroxyl groups is 1. The molecule has 1 aliphatic heterocycles. The standard InChI is InChI=1S/C17H18N2O2/c1-11-5-4-8-14(16(11)20)19-17(21)15-13-7-3-2-6-12(13)9-10-18-15/h2-8,15,18,20H,9-10H2,1H3,(H,19,21). The van der Waals surface area contributed by atoms with Gasteiger partial charge in [0.2, 0.25) is 5.91 Å². The Bertz CT molecular complexity index is 682. The first-order valence-corrected chi connectivity index (χ1v) is 7.07. The number of nitrogens with one attached hydrogen (secondary N) is 2. The lowest BCUT2D eigenvalue weighted by Crippen LogP contribution is -2.38. The van der Waals surface area contributed by atoms with E-state index >= 15 is 0 Å². The van der Waals surface area contributed by atoms with E-state index in [1.165, 1.54) is 5.56 Å². The summed E-state index contributed by atoms with van der Waals surface area (Å²) < 4.78 is 0. The van der Waals surface area contributed by atoms with Gasteiger partial charge in [-0.15, -0.1) is 0 Å². The van der Waals surface area contributed by atoms with Gasteiger partial charge in [-0.1, -0.05) is 36.4 Å². The van der Waals surface area contributed by atoms with Crippen molar-refractivity contribution >= 4 is 11.6 Å². The van der Waals surface area contributed by atoms with Gasteiger partial charge in [0.15, 0.2) is 0 Å². The van der Waals surface area contributed by atoms with Crippen LogP contribution in [-0.2, 0) is 11.2 Å². The molecule has 1 unspecified atom stereocenters. The molecule has 2 aromatic rings. The molecule has 3 rings (SSSR count). The molecule has 1 aliphatic rings. The zero-order valence-electron chi connectivity index (χ0n) is 11.9. The first kappa shape index (κ1) is 13.6. The van der Waals surface area contributed by atoms with Gasteiger partial charge in [-0.05, 0) is 36.1 Å². The molecule has 0 aromatic heterocycles. The molecule has 108 valence electrons. The SMILES string of the molecule is Cc1cccc(NC(=O)C2NCCc3ccccc32)c1O. The van der Waals surface area contributed by atoms with E-state index in [1.54, 1.807) is 19.1 Å². The smallest absolute Gasteiger partial charge is 0.246 e. The number of anilines is 1. The molecule has 2 aromatic carbocycles. The lowest BCUT2D eigenvalue weighted by Gasteiger charge is -2.26. The molecule has 21 heavy (non-hydrogen) atoms. The molecule has 3 N–H and O–H groups in total. The van der Waals surface area contributed by atoms with Gasteiger partial charge in [-0.25, -0.2) is 0 Å². The van der Waals surface area contributed by atoms with Crippen molar-refractivity contribution in [2.45, 2.75) is 19.4 Å². The maximum absolute atomic E-state index is 12.5. The van der Waals surface area contributed by atoms with E-state index in [2.05, 4.69) is 16.7 Å². The number of phenolic OH excluding ortho intramolecular Hbond substituents is 1. The van der Waals surface area contributed by atoms with Crippen molar-refractivity contribution < 1.29 is 9.90 Å². The summed E-state index contributed by atoms with van der Waals surface area (Å²) in [6, 6.07) is 12.9. The minimum atomic E-state index is -0.380. The lowest BCUT2D eigenvalue weighted by molar-refractivity contribution is -0.118. The van der Waals surface area contributed by atoms with Crippen molar-refractivity contribution in [2.75, 3.05) is 11.9 Å². The van der Waals surface area contributed by atoms with E-state index in [4.69, 9.17) is 0 Å². The van der Waals surface area contributed by atoms with Gasteiger partial charge in [0.05, 0.1) is 5.69 Å². The Hall–Kier alpha value is -2.33. The van der Waals surface area contributed by atoms with Gasteiger partial charge in [0.1, 0.15) is 11.8 Å². The minimum absolute atomic E-state index is 0.120. The van der Waals surface area contributed by atoms with Crippen LogP contribution in [0.15, 0.2) is 42.5 Å². The van der Waals surface area contributed by atoms with Gasteiger partial charge < -0.3 is 15.7 Å². The minimum Gasteiger partial charge on any atom is -0.505 e. The molecule has 0 bridgehead atoms. The Balaban J connectivity index is 1.85. The van der Waals surface area contributed by atoms with Crippen LogP contribution in [0, 0.1) is 6.92 Å². The van der Waals surface area contributed by atoms with Gasteiger partial charge in [0, 0.05) is 6.54 Å². The van der Waals surface area contributed by atoms with Crippen LogP contribution in [-0.4, -0.2) is 17.6 Å². The van der Waals surface area contributed by atoms with Crippen molar-refractivity contribution in [3.8, 4) is 5.75 Å². The van der Waals surface area contributed by atoms with E-state index in [-0.39, 0.29) is 17.7 Å². The van der Waals surface area contributed by atoms with Gasteiger partial charge in [0.25, 0.3) is 0 Å². The quantitative estimate of drug-likeness (QED) is 0.742. The molecular formula is C17H18N2O2. The normalized spacial score (nSPS) is 17.1.